The van der Waals surface area contributed by atoms with Gasteiger partial charge in [0, 0.05) is 29.3 Å². The minimum absolute atomic E-state index is 0.0370. The van der Waals surface area contributed by atoms with E-state index >= 15 is 0 Å². The predicted octanol–water partition coefficient (Wildman–Crippen LogP) is 4.12. The zero-order valence-corrected chi connectivity index (χ0v) is 20.5. The van der Waals surface area contributed by atoms with Gasteiger partial charge in [-0.2, -0.15) is 4.31 Å². The number of anilines is 1. The minimum atomic E-state index is -3.86. The maximum atomic E-state index is 13.4. The first kappa shape index (κ1) is 23.6. The fourth-order valence-electron chi connectivity index (χ4n) is 3.83. The Balaban J connectivity index is 1.83. The molecule has 0 radical (unpaired) electrons. The van der Waals surface area contributed by atoms with Crippen molar-refractivity contribution in [3.8, 4) is 11.5 Å². The second-order valence-corrected chi connectivity index (χ2v) is 10.4. The van der Waals surface area contributed by atoms with Crippen LogP contribution in [0.3, 0.4) is 0 Å². The number of methoxy groups -OCH3 is 2. The molecule has 2 aromatic rings. The van der Waals surface area contributed by atoms with E-state index in [1.807, 2.05) is 26.0 Å². The number of nitrogens with zero attached hydrogens (tertiary/aromatic N) is 1. The predicted molar refractivity (Wildman–Crippen MR) is 123 cm³/mol. The molecule has 31 heavy (non-hydrogen) atoms. The summed E-state index contributed by atoms with van der Waals surface area (Å²) in [5.74, 6) is 0.0500. The Hall–Kier alpha value is -2.10. The molecule has 3 rings (SSSR count). The minimum Gasteiger partial charge on any atom is -0.497 e. The molecule has 0 aromatic heterocycles. The Morgan fingerprint density at radius 3 is 2.42 bits per heavy atom. The van der Waals surface area contributed by atoms with Crippen molar-refractivity contribution in [2.75, 3.05) is 32.6 Å². The van der Waals surface area contributed by atoms with Gasteiger partial charge in [0.15, 0.2) is 0 Å². The second-order valence-electron chi connectivity index (χ2n) is 7.62. The SMILES string of the molecule is COc1ccc(OC)c(S(=O)(=O)N2CCC[C@@H](C(=O)Nc3c(C)cc(Br)cc3C)C2)c1. The summed E-state index contributed by atoms with van der Waals surface area (Å²) in [5.41, 5.74) is 2.66. The number of carbonyl (C=O) groups excluding carboxylic acids is 1. The summed E-state index contributed by atoms with van der Waals surface area (Å²) in [4.78, 5) is 13.0. The number of carbonyl (C=O) groups is 1. The van der Waals surface area contributed by atoms with Crippen LogP contribution in [-0.4, -0.2) is 45.9 Å². The molecular formula is C22H27BrN2O5S. The lowest BCUT2D eigenvalue weighted by atomic mass is 9.98. The maximum absolute atomic E-state index is 13.4. The van der Waals surface area contributed by atoms with Gasteiger partial charge >= 0.3 is 0 Å². The molecule has 168 valence electrons. The summed E-state index contributed by atoms with van der Waals surface area (Å²) >= 11 is 3.46. The molecule has 2 aromatic carbocycles. The van der Waals surface area contributed by atoms with Crippen molar-refractivity contribution < 1.29 is 22.7 Å². The molecule has 0 aliphatic carbocycles. The van der Waals surface area contributed by atoms with Crippen LogP contribution < -0.4 is 14.8 Å². The molecule has 1 aliphatic heterocycles. The van der Waals surface area contributed by atoms with Crippen LogP contribution in [0.15, 0.2) is 39.7 Å². The summed E-state index contributed by atoms with van der Waals surface area (Å²) in [6.07, 6.45) is 1.23. The highest BCUT2D eigenvalue weighted by atomic mass is 79.9. The van der Waals surface area contributed by atoms with Crippen molar-refractivity contribution in [3.63, 3.8) is 0 Å². The molecule has 7 nitrogen and oxygen atoms in total. The third-order valence-electron chi connectivity index (χ3n) is 5.49. The number of benzene rings is 2. The van der Waals surface area contributed by atoms with Gasteiger partial charge in [-0.15, -0.1) is 0 Å². The molecule has 1 N–H and O–H groups in total. The number of hydrogen-bond donors (Lipinski definition) is 1. The Labute approximate surface area is 191 Å². The number of hydrogen-bond acceptors (Lipinski definition) is 5. The second kappa shape index (κ2) is 9.58. The molecule has 0 saturated carbocycles. The fraction of sp³-hybridized carbons (Fsp3) is 0.409. The van der Waals surface area contributed by atoms with E-state index in [4.69, 9.17) is 9.47 Å². The van der Waals surface area contributed by atoms with Crippen molar-refractivity contribution in [1.29, 1.82) is 0 Å². The quantitative estimate of drug-likeness (QED) is 0.631. The van der Waals surface area contributed by atoms with Crippen molar-refractivity contribution in [2.24, 2.45) is 5.92 Å². The van der Waals surface area contributed by atoms with Gasteiger partial charge in [-0.1, -0.05) is 15.9 Å². The van der Waals surface area contributed by atoms with Gasteiger partial charge in [0.05, 0.1) is 20.1 Å². The van der Waals surface area contributed by atoms with Crippen LogP contribution in [0.1, 0.15) is 24.0 Å². The van der Waals surface area contributed by atoms with Crippen LogP contribution in [-0.2, 0) is 14.8 Å². The lowest BCUT2D eigenvalue weighted by Gasteiger charge is -2.31. The van der Waals surface area contributed by atoms with E-state index in [0.29, 0.717) is 25.1 Å². The average molecular weight is 511 g/mol. The van der Waals surface area contributed by atoms with Crippen LogP contribution >= 0.6 is 15.9 Å². The van der Waals surface area contributed by atoms with Crippen LogP contribution in [0.25, 0.3) is 0 Å². The number of ether oxygens (including phenoxy) is 2. The van der Waals surface area contributed by atoms with Crippen LogP contribution in [0.4, 0.5) is 5.69 Å². The van der Waals surface area contributed by atoms with Crippen LogP contribution in [0.5, 0.6) is 11.5 Å². The monoisotopic (exact) mass is 510 g/mol. The third-order valence-corrected chi connectivity index (χ3v) is 7.83. The smallest absolute Gasteiger partial charge is 0.246 e. The highest BCUT2D eigenvalue weighted by Gasteiger charge is 2.35. The fourth-order valence-corrected chi connectivity index (χ4v) is 6.21. The van der Waals surface area contributed by atoms with Gasteiger partial charge in [-0.05, 0) is 62.1 Å². The van der Waals surface area contributed by atoms with Crippen LogP contribution in [0.2, 0.25) is 0 Å². The van der Waals surface area contributed by atoms with Crippen molar-refractivity contribution in [3.05, 3.63) is 45.9 Å². The summed E-state index contributed by atoms with van der Waals surface area (Å²) in [5, 5.41) is 3.00. The van der Waals surface area contributed by atoms with E-state index < -0.39 is 15.9 Å². The number of nitrogens with one attached hydrogen (secondary N) is 1. The molecular weight excluding hydrogens is 484 g/mol. The number of piperidine rings is 1. The van der Waals surface area contributed by atoms with Gasteiger partial charge < -0.3 is 14.8 Å². The summed E-state index contributed by atoms with van der Waals surface area (Å²) in [6.45, 7) is 4.33. The van der Waals surface area contributed by atoms with E-state index in [2.05, 4.69) is 21.2 Å². The maximum Gasteiger partial charge on any atom is 0.246 e. The Kier molecular flexibility index (Phi) is 7.28. The normalized spacial score (nSPS) is 17.3. The number of amides is 1. The third kappa shape index (κ3) is 5.05. The Bertz CT molecular complexity index is 1060. The first-order valence-electron chi connectivity index (χ1n) is 9.97. The zero-order valence-electron chi connectivity index (χ0n) is 18.1. The topological polar surface area (TPSA) is 84.9 Å². The van der Waals surface area contributed by atoms with Crippen molar-refractivity contribution >= 4 is 37.5 Å². The van der Waals surface area contributed by atoms with Crippen molar-refractivity contribution in [1.82, 2.24) is 4.31 Å². The van der Waals surface area contributed by atoms with E-state index in [-0.39, 0.29) is 23.1 Å². The van der Waals surface area contributed by atoms with E-state index in [1.165, 1.54) is 24.6 Å². The van der Waals surface area contributed by atoms with Gasteiger partial charge in [0.2, 0.25) is 15.9 Å². The van der Waals surface area contributed by atoms with Gasteiger partial charge in [0.25, 0.3) is 0 Å². The lowest BCUT2D eigenvalue weighted by Crippen LogP contribution is -2.43. The van der Waals surface area contributed by atoms with Gasteiger partial charge in [-0.25, -0.2) is 8.42 Å². The molecule has 1 heterocycles. The number of rotatable bonds is 6. The van der Waals surface area contributed by atoms with Crippen molar-refractivity contribution in [2.45, 2.75) is 31.6 Å². The van der Waals surface area contributed by atoms with Crippen LogP contribution in [0, 0.1) is 19.8 Å². The molecule has 1 saturated heterocycles. The molecule has 1 amide bonds. The van der Waals surface area contributed by atoms with E-state index in [0.717, 1.165) is 21.3 Å². The summed E-state index contributed by atoms with van der Waals surface area (Å²) in [7, 11) is -0.952. The zero-order chi connectivity index (χ0) is 22.8. The summed E-state index contributed by atoms with van der Waals surface area (Å²) < 4.78 is 39.5. The first-order valence-corrected chi connectivity index (χ1v) is 12.2. The standard InChI is InChI=1S/C22H27BrN2O5S/c1-14-10-17(23)11-15(2)21(14)24-22(26)16-6-5-9-25(13-16)31(27,28)20-12-18(29-3)7-8-19(20)30-4/h7-8,10-12,16H,5-6,9,13H2,1-4H3,(H,24,26)/t16-/m1/s1. The highest BCUT2D eigenvalue weighted by molar-refractivity contribution is 9.10. The average Bonchev–Trinajstić information content (AvgIpc) is 2.75. The molecule has 1 fully saturated rings. The lowest BCUT2D eigenvalue weighted by molar-refractivity contribution is -0.120. The Morgan fingerprint density at radius 2 is 1.81 bits per heavy atom. The molecule has 0 spiro atoms. The highest BCUT2D eigenvalue weighted by Crippen LogP contribution is 2.33. The van der Waals surface area contributed by atoms with Gasteiger partial charge in [0.1, 0.15) is 16.4 Å². The largest absolute Gasteiger partial charge is 0.497 e. The van der Waals surface area contributed by atoms with E-state index in [1.54, 1.807) is 12.1 Å². The first-order chi connectivity index (χ1) is 14.7. The van der Waals surface area contributed by atoms with E-state index in [9.17, 15) is 13.2 Å². The Morgan fingerprint density at radius 1 is 1.13 bits per heavy atom. The van der Waals surface area contributed by atoms with Gasteiger partial charge in [-0.3, -0.25) is 4.79 Å². The molecule has 0 unspecified atom stereocenters. The molecule has 0 bridgehead atoms. The molecule has 1 atom stereocenters. The summed E-state index contributed by atoms with van der Waals surface area (Å²) in [6, 6.07) is 8.54. The number of aryl methyl sites for hydroxylation is 2. The molecule has 1 aliphatic rings. The molecule has 9 heteroatoms. The number of sulfonamides is 1. The number of halogens is 1.